The SMILES string of the molecule is Cc1cc2ccccc2c2c(N(c3ccccc3)c3cccc(Cl)c3Cl)coc12. The van der Waals surface area contributed by atoms with E-state index in [0.29, 0.717) is 10.0 Å². The average Bonchev–Trinajstić information content (AvgIpc) is 3.18. The van der Waals surface area contributed by atoms with E-state index in [1.807, 2.05) is 48.5 Å². The molecule has 0 amide bonds. The van der Waals surface area contributed by atoms with E-state index < -0.39 is 0 Å². The van der Waals surface area contributed by atoms with E-state index in [9.17, 15) is 0 Å². The summed E-state index contributed by atoms with van der Waals surface area (Å²) in [5, 5.41) is 4.38. The second-order valence-corrected chi connectivity index (χ2v) is 7.77. The molecule has 2 nitrogen and oxygen atoms in total. The van der Waals surface area contributed by atoms with Crippen LogP contribution in [0.3, 0.4) is 0 Å². The van der Waals surface area contributed by atoms with Gasteiger partial charge in [0.25, 0.3) is 0 Å². The molecule has 0 spiro atoms. The molecule has 4 aromatic carbocycles. The zero-order valence-corrected chi connectivity index (χ0v) is 17.2. The molecule has 0 saturated heterocycles. The van der Waals surface area contributed by atoms with Crippen LogP contribution in [0, 0.1) is 6.92 Å². The van der Waals surface area contributed by atoms with Crippen molar-refractivity contribution in [1.82, 2.24) is 0 Å². The van der Waals surface area contributed by atoms with Crippen LogP contribution in [-0.4, -0.2) is 0 Å². The zero-order chi connectivity index (χ0) is 20.0. The molecule has 4 heteroatoms. The van der Waals surface area contributed by atoms with Crippen molar-refractivity contribution in [1.29, 1.82) is 0 Å². The lowest BCUT2D eigenvalue weighted by atomic mass is 10.0. The number of furan rings is 1. The topological polar surface area (TPSA) is 16.4 Å². The first-order valence-corrected chi connectivity index (χ1v) is 10.1. The molecule has 0 saturated carbocycles. The average molecular weight is 418 g/mol. The van der Waals surface area contributed by atoms with Gasteiger partial charge in [-0.15, -0.1) is 0 Å². The van der Waals surface area contributed by atoms with Crippen molar-refractivity contribution in [3.8, 4) is 0 Å². The highest BCUT2D eigenvalue weighted by Crippen LogP contribution is 2.46. The van der Waals surface area contributed by atoms with Crippen molar-refractivity contribution in [3.63, 3.8) is 0 Å². The second kappa shape index (κ2) is 7.14. The molecule has 0 aliphatic carbocycles. The molecule has 0 radical (unpaired) electrons. The Morgan fingerprint density at radius 3 is 2.38 bits per heavy atom. The summed E-state index contributed by atoms with van der Waals surface area (Å²) in [6.07, 6.45) is 1.80. The van der Waals surface area contributed by atoms with Crippen LogP contribution in [0.4, 0.5) is 17.1 Å². The second-order valence-electron chi connectivity index (χ2n) is 6.98. The van der Waals surface area contributed by atoms with Gasteiger partial charge in [-0.2, -0.15) is 0 Å². The summed E-state index contributed by atoms with van der Waals surface area (Å²) >= 11 is 13.0. The highest BCUT2D eigenvalue weighted by atomic mass is 35.5. The first kappa shape index (κ1) is 18.1. The number of para-hydroxylation sites is 1. The fourth-order valence-corrected chi connectivity index (χ4v) is 4.24. The highest BCUT2D eigenvalue weighted by Gasteiger charge is 2.22. The summed E-state index contributed by atoms with van der Waals surface area (Å²) in [6.45, 7) is 2.07. The minimum atomic E-state index is 0.504. The molecule has 142 valence electrons. The molecule has 0 fully saturated rings. The first-order valence-electron chi connectivity index (χ1n) is 9.34. The molecule has 29 heavy (non-hydrogen) atoms. The predicted molar refractivity (Wildman–Crippen MR) is 123 cm³/mol. The number of anilines is 3. The predicted octanol–water partition coefficient (Wildman–Crippen LogP) is 8.67. The standard InChI is InChI=1S/C25H17Cl2NO/c1-16-14-17-8-5-6-11-19(17)23-22(15-29-25(16)23)28(18-9-3-2-4-10-18)21-13-7-12-20(26)24(21)27/h2-15H,1H3. The molecule has 0 N–H and O–H groups in total. The number of hydrogen-bond acceptors (Lipinski definition) is 2. The van der Waals surface area contributed by atoms with E-state index in [1.54, 1.807) is 12.3 Å². The molecule has 0 aliphatic heterocycles. The van der Waals surface area contributed by atoms with Gasteiger partial charge in [-0.05, 0) is 53.6 Å². The number of halogens is 2. The van der Waals surface area contributed by atoms with Crippen LogP contribution in [-0.2, 0) is 0 Å². The summed E-state index contributed by atoms with van der Waals surface area (Å²) in [6, 6.07) is 26.3. The Morgan fingerprint density at radius 2 is 1.55 bits per heavy atom. The van der Waals surface area contributed by atoms with Gasteiger partial charge in [0, 0.05) is 5.69 Å². The van der Waals surface area contributed by atoms with E-state index in [2.05, 4.69) is 36.1 Å². The molecule has 0 unspecified atom stereocenters. The fourth-order valence-electron chi connectivity index (χ4n) is 3.86. The maximum atomic E-state index is 6.65. The van der Waals surface area contributed by atoms with Gasteiger partial charge in [-0.25, -0.2) is 0 Å². The number of fused-ring (bicyclic) bond motifs is 3. The molecular weight excluding hydrogens is 401 g/mol. The van der Waals surface area contributed by atoms with Crippen molar-refractivity contribution < 1.29 is 4.42 Å². The zero-order valence-electron chi connectivity index (χ0n) is 15.7. The van der Waals surface area contributed by atoms with Crippen molar-refractivity contribution in [2.75, 3.05) is 4.90 Å². The van der Waals surface area contributed by atoms with E-state index in [4.69, 9.17) is 27.6 Å². The normalized spacial score (nSPS) is 11.3. The van der Waals surface area contributed by atoms with Gasteiger partial charge in [-0.1, -0.05) is 71.7 Å². The van der Waals surface area contributed by atoms with Crippen LogP contribution in [0.1, 0.15) is 5.56 Å². The molecule has 0 atom stereocenters. The van der Waals surface area contributed by atoms with Gasteiger partial charge < -0.3 is 9.32 Å². The summed E-state index contributed by atoms with van der Waals surface area (Å²) in [4.78, 5) is 2.10. The third-order valence-electron chi connectivity index (χ3n) is 5.16. The number of rotatable bonds is 3. The van der Waals surface area contributed by atoms with Gasteiger partial charge >= 0.3 is 0 Å². The fraction of sp³-hybridized carbons (Fsp3) is 0.0400. The summed E-state index contributed by atoms with van der Waals surface area (Å²) in [5.74, 6) is 0. The lowest BCUT2D eigenvalue weighted by molar-refractivity contribution is 0.614. The van der Waals surface area contributed by atoms with E-state index in [1.165, 1.54) is 5.39 Å². The maximum Gasteiger partial charge on any atom is 0.139 e. The summed E-state index contributed by atoms with van der Waals surface area (Å²) in [7, 11) is 0. The summed E-state index contributed by atoms with van der Waals surface area (Å²) < 4.78 is 6.06. The smallest absolute Gasteiger partial charge is 0.139 e. The Kier molecular flexibility index (Phi) is 4.46. The van der Waals surface area contributed by atoms with E-state index in [-0.39, 0.29) is 0 Å². The number of nitrogens with zero attached hydrogens (tertiary/aromatic N) is 1. The van der Waals surface area contributed by atoms with Crippen LogP contribution < -0.4 is 4.90 Å². The summed E-state index contributed by atoms with van der Waals surface area (Å²) in [5.41, 5.74) is 4.67. The third-order valence-corrected chi connectivity index (χ3v) is 5.97. The quantitative estimate of drug-likeness (QED) is 0.291. The van der Waals surface area contributed by atoms with Crippen LogP contribution in [0.5, 0.6) is 0 Å². The van der Waals surface area contributed by atoms with Gasteiger partial charge in [0.2, 0.25) is 0 Å². The minimum absolute atomic E-state index is 0.504. The number of aryl methyl sites for hydroxylation is 1. The van der Waals surface area contributed by atoms with Crippen LogP contribution >= 0.6 is 23.2 Å². The molecule has 1 heterocycles. The van der Waals surface area contributed by atoms with Gasteiger partial charge in [0.05, 0.1) is 26.8 Å². The van der Waals surface area contributed by atoms with Gasteiger partial charge in [-0.3, -0.25) is 0 Å². The maximum absolute atomic E-state index is 6.65. The highest BCUT2D eigenvalue weighted by molar-refractivity contribution is 6.44. The van der Waals surface area contributed by atoms with Crippen LogP contribution in [0.25, 0.3) is 21.7 Å². The largest absolute Gasteiger partial charge is 0.462 e. The molecule has 5 rings (SSSR count). The van der Waals surface area contributed by atoms with Crippen molar-refractivity contribution in [2.24, 2.45) is 0 Å². The first-order chi connectivity index (χ1) is 14.1. The Bertz CT molecular complexity index is 1340. The minimum Gasteiger partial charge on any atom is -0.462 e. The Labute approximate surface area is 178 Å². The lowest BCUT2D eigenvalue weighted by Crippen LogP contribution is -2.10. The van der Waals surface area contributed by atoms with Crippen molar-refractivity contribution in [3.05, 3.63) is 101 Å². The van der Waals surface area contributed by atoms with Crippen molar-refractivity contribution in [2.45, 2.75) is 6.92 Å². The molecule has 5 aromatic rings. The van der Waals surface area contributed by atoms with Gasteiger partial charge in [0.15, 0.2) is 0 Å². The molecule has 0 aliphatic rings. The van der Waals surface area contributed by atoms with E-state index >= 15 is 0 Å². The van der Waals surface area contributed by atoms with Crippen LogP contribution in [0.15, 0.2) is 89.5 Å². The number of hydrogen-bond donors (Lipinski definition) is 0. The van der Waals surface area contributed by atoms with Crippen LogP contribution in [0.2, 0.25) is 10.0 Å². The monoisotopic (exact) mass is 417 g/mol. The van der Waals surface area contributed by atoms with Crippen molar-refractivity contribution >= 4 is 62.0 Å². The Morgan fingerprint density at radius 1 is 0.793 bits per heavy atom. The Balaban J connectivity index is 1.89. The Hall–Kier alpha value is -2.94. The molecule has 1 aromatic heterocycles. The van der Waals surface area contributed by atoms with Gasteiger partial charge in [0.1, 0.15) is 11.8 Å². The lowest BCUT2D eigenvalue weighted by Gasteiger charge is -2.25. The number of benzene rings is 4. The molecule has 0 bridgehead atoms. The van der Waals surface area contributed by atoms with E-state index in [0.717, 1.165) is 39.0 Å². The third kappa shape index (κ3) is 2.96. The molecular formula is C25H17Cl2NO.